The molecule has 0 spiro atoms. The van der Waals surface area contributed by atoms with Gasteiger partial charge in [-0.25, -0.2) is 0 Å². The number of aliphatic hydroxyl groups excluding tert-OH is 1. The van der Waals surface area contributed by atoms with Crippen LogP contribution in [0.1, 0.15) is 25.1 Å². The minimum atomic E-state index is -0.105. The zero-order chi connectivity index (χ0) is 10.9. The quantitative estimate of drug-likeness (QED) is 0.756. The van der Waals surface area contributed by atoms with Crippen molar-refractivity contribution in [1.82, 2.24) is 14.8 Å². The molecule has 0 atom stereocenters. The van der Waals surface area contributed by atoms with Crippen LogP contribution in [-0.4, -0.2) is 32.6 Å². The van der Waals surface area contributed by atoms with Crippen molar-refractivity contribution in [1.29, 1.82) is 0 Å². The van der Waals surface area contributed by atoms with Gasteiger partial charge in [-0.2, -0.15) is 5.10 Å². The highest BCUT2D eigenvalue weighted by Gasteiger charge is 2.38. The summed E-state index contributed by atoms with van der Waals surface area (Å²) in [6.45, 7) is 0.571. The second kappa shape index (κ2) is 4.03. The second-order valence-corrected chi connectivity index (χ2v) is 4.32. The van der Waals surface area contributed by atoms with Crippen molar-refractivity contribution < 1.29 is 9.84 Å². The Morgan fingerprint density at radius 2 is 2.40 bits per heavy atom. The summed E-state index contributed by atoms with van der Waals surface area (Å²) in [4.78, 5) is 0. The fourth-order valence-corrected chi connectivity index (χ4v) is 2.14. The van der Waals surface area contributed by atoms with Crippen molar-refractivity contribution in [2.24, 2.45) is 0 Å². The average Bonchev–Trinajstić information content (AvgIpc) is 2.53. The zero-order valence-corrected chi connectivity index (χ0v) is 9.51. The molecule has 6 heteroatoms. The van der Waals surface area contributed by atoms with Crippen LogP contribution in [0.5, 0.6) is 0 Å². The van der Waals surface area contributed by atoms with Crippen molar-refractivity contribution in [2.75, 3.05) is 7.11 Å². The summed E-state index contributed by atoms with van der Waals surface area (Å²) in [5.41, 5.74) is -0.105. The number of aromatic amines is 1. The van der Waals surface area contributed by atoms with Crippen LogP contribution in [0, 0.1) is 4.77 Å². The van der Waals surface area contributed by atoms with Crippen LogP contribution in [-0.2, 0) is 17.9 Å². The lowest BCUT2D eigenvalue weighted by Crippen LogP contribution is -2.43. The van der Waals surface area contributed by atoms with Gasteiger partial charge in [0.2, 0.25) is 0 Å². The number of H-pyrrole nitrogens is 1. The van der Waals surface area contributed by atoms with E-state index in [1.165, 1.54) is 6.42 Å². The summed E-state index contributed by atoms with van der Waals surface area (Å²) >= 11 is 5.11. The largest absolute Gasteiger partial charge is 0.388 e. The first-order valence-electron chi connectivity index (χ1n) is 5.01. The van der Waals surface area contributed by atoms with Crippen LogP contribution in [0.25, 0.3) is 0 Å². The highest BCUT2D eigenvalue weighted by Crippen LogP contribution is 2.36. The maximum Gasteiger partial charge on any atom is 0.195 e. The molecular weight excluding hydrogens is 214 g/mol. The van der Waals surface area contributed by atoms with E-state index in [9.17, 15) is 0 Å². The van der Waals surface area contributed by atoms with Gasteiger partial charge >= 0.3 is 0 Å². The third-order valence-electron chi connectivity index (χ3n) is 3.12. The first-order valence-corrected chi connectivity index (χ1v) is 5.42. The lowest BCUT2D eigenvalue weighted by atomic mass is 9.80. The van der Waals surface area contributed by atoms with E-state index in [1.54, 1.807) is 7.11 Å². The van der Waals surface area contributed by atoms with E-state index in [2.05, 4.69) is 10.2 Å². The van der Waals surface area contributed by atoms with Gasteiger partial charge in [-0.05, 0) is 31.5 Å². The molecule has 5 nitrogen and oxygen atoms in total. The molecule has 2 rings (SSSR count). The van der Waals surface area contributed by atoms with Gasteiger partial charge in [0.25, 0.3) is 0 Å². The lowest BCUT2D eigenvalue weighted by Gasteiger charge is -2.40. The van der Waals surface area contributed by atoms with E-state index in [-0.39, 0.29) is 12.2 Å². The Kier molecular flexibility index (Phi) is 2.90. The van der Waals surface area contributed by atoms with E-state index in [4.69, 9.17) is 22.1 Å². The first kappa shape index (κ1) is 10.8. The molecule has 1 saturated carbocycles. The Balaban J connectivity index is 2.22. The Hall–Kier alpha value is -0.720. The number of rotatable bonds is 4. The molecule has 0 amide bonds. The predicted molar refractivity (Wildman–Crippen MR) is 56.9 cm³/mol. The van der Waals surface area contributed by atoms with Gasteiger partial charge in [-0.3, -0.25) is 9.67 Å². The van der Waals surface area contributed by atoms with Gasteiger partial charge in [-0.15, -0.1) is 0 Å². The summed E-state index contributed by atoms with van der Waals surface area (Å²) in [6.07, 6.45) is 3.27. The van der Waals surface area contributed by atoms with Crippen molar-refractivity contribution in [2.45, 2.75) is 38.0 Å². The Morgan fingerprint density at radius 3 is 2.87 bits per heavy atom. The molecule has 0 radical (unpaired) electrons. The van der Waals surface area contributed by atoms with Crippen LogP contribution in [0.4, 0.5) is 0 Å². The van der Waals surface area contributed by atoms with Crippen LogP contribution >= 0.6 is 12.2 Å². The number of hydrogen-bond acceptors (Lipinski definition) is 4. The molecule has 1 aliphatic carbocycles. The normalized spacial score (nSPS) is 18.8. The number of hydrogen-bond donors (Lipinski definition) is 2. The molecular formula is C9H15N3O2S. The predicted octanol–water partition coefficient (Wildman–Crippen LogP) is 1.00. The van der Waals surface area contributed by atoms with Crippen molar-refractivity contribution in [3.05, 3.63) is 10.6 Å². The maximum absolute atomic E-state index is 9.10. The first-order chi connectivity index (χ1) is 7.21. The van der Waals surface area contributed by atoms with Crippen molar-refractivity contribution in [3.8, 4) is 0 Å². The summed E-state index contributed by atoms with van der Waals surface area (Å²) in [5, 5.41) is 15.7. The molecule has 1 aromatic heterocycles. The van der Waals surface area contributed by atoms with Gasteiger partial charge in [0, 0.05) is 7.11 Å². The number of nitrogens with zero attached hydrogens (tertiary/aromatic N) is 2. The van der Waals surface area contributed by atoms with E-state index < -0.39 is 0 Å². The number of nitrogens with one attached hydrogen (secondary N) is 1. The number of aromatic nitrogens is 3. The third-order valence-corrected chi connectivity index (χ3v) is 3.43. The monoisotopic (exact) mass is 229 g/mol. The third kappa shape index (κ3) is 1.84. The van der Waals surface area contributed by atoms with E-state index in [0.717, 1.165) is 12.8 Å². The zero-order valence-electron chi connectivity index (χ0n) is 8.69. The Morgan fingerprint density at radius 1 is 1.67 bits per heavy atom. The lowest BCUT2D eigenvalue weighted by molar-refractivity contribution is -0.0845. The van der Waals surface area contributed by atoms with Gasteiger partial charge in [0.1, 0.15) is 6.61 Å². The van der Waals surface area contributed by atoms with Gasteiger partial charge in [0.15, 0.2) is 10.6 Å². The molecule has 0 aliphatic heterocycles. The fraction of sp³-hybridized carbons (Fsp3) is 0.778. The molecule has 1 fully saturated rings. The van der Waals surface area contributed by atoms with E-state index >= 15 is 0 Å². The van der Waals surface area contributed by atoms with E-state index in [1.807, 2.05) is 4.57 Å². The van der Waals surface area contributed by atoms with Crippen LogP contribution in [0.15, 0.2) is 0 Å². The van der Waals surface area contributed by atoms with Gasteiger partial charge in [-0.1, -0.05) is 0 Å². The van der Waals surface area contributed by atoms with Crippen LogP contribution in [0.3, 0.4) is 0 Å². The molecule has 0 unspecified atom stereocenters. The standard InChI is InChI=1S/C9H15N3O2S/c1-14-9(3-2-4-9)6-12-7(5-13)10-11-8(12)15/h13H,2-6H2,1H3,(H,11,15). The maximum atomic E-state index is 9.10. The number of aliphatic hydroxyl groups is 1. The summed E-state index contributed by atoms with van der Waals surface area (Å²) in [7, 11) is 1.72. The number of methoxy groups -OCH3 is 1. The summed E-state index contributed by atoms with van der Waals surface area (Å²) in [6, 6.07) is 0. The molecule has 1 heterocycles. The summed E-state index contributed by atoms with van der Waals surface area (Å²) < 4.78 is 7.87. The molecule has 15 heavy (non-hydrogen) atoms. The smallest absolute Gasteiger partial charge is 0.195 e. The highest BCUT2D eigenvalue weighted by atomic mass is 32.1. The molecule has 84 valence electrons. The Labute approximate surface area is 93.1 Å². The molecule has 0 bridgehead atoms. The molecule has 2 N–H and O–H groups in total. The van der Waals surface area contributed by atoms with Crippen LogP contribution in [0.2, 0.25) is 0 Å². The minimum Gasteiger partial charge on any atom is -0.388 e. The van der Waals surface area contributed by atoms with Crippen LogP contribution < -0.4 is 0 Å². The topological polar surface area (TPSA) is 63.1 Å². The molecule has 1 aliphatic rings. The average molecular weight is 229 g/mol. The fourth-order valence-electron chi connectivity index (χ4n) is 1.92. The molecule has 0 aromatic carbocycles. The van der Waals surface area contributed by atoms with Gasteiger partial charge in [0.05, 0.1) is 12.1 Å². The summed E-state index contributed by atoms with van der Waals surface area (Å²) in [5.74, 6) is 0.573. The molecule has 0 saturated heterocycles. The number of ether oxygens (including phenoxy) is 1. The second-order valence-electron chi connectivity index (χ2n) is 3.93. The van der Waals surface area contributed by atoms with Gasteiger partial charge < -0.3 is 9.84 Å². The minimum absolute atomic E-state index is 0.104. The van der Waals surface area contributed by atoms with Crippen molar-refractivity contribution >= 4 is 12.2 Å². The highest BCUT2D eigenvalue weighted by molar-refractivity contribution is 7.71. The van der Waals surface area contributed by atoms with E-state index in [0.29, 0.717) is 17.1 Å². The van der Waals surface area contributed by atoms with Crippen molar-refractivity contribution in [3.63, 3.8) is 0 Å². The SMILES string of the molecule is COC1(Cn2c(CO)n[nH]c2=S)CCC1. The Bertz CT molecular complexity index is 389. The molecule has 1 aromatic rings.